The van der Waals surface area contributed by atoms with Gasteiger partial charge in [-0.25, -0.2) is 18.4 Å². The molecule has 0 spiro atoms. The first-order valence-corrected chi connectivity index (χ1v) is 8.62. The van der Waals surface area contributed by atoms with Gasteiger partial charge in [-0.3, -0.25) is 0 Å². The number of fused-ring (bicyclic) bond motifs is 1. The van der Waals surface area contributed by atoms with Crippen LogP contribution >= 0.6 is 0 Å². The van der Waals surface area contributed by atoms with Crippen LogP contribution in [0.15, 0.2) is 12.3 Å². The highest BCUT2D eigenvalue weighted by molar-refractivity contribution is 5.91. The first-order valence-electron chi connectivity index (χ1n) is 8.62. The van der Waals surface area contributed by atoms with Crippen molar-refractivity contribution in [3.63, 3.8) is 0 Å². The number of halogens is 5. The average Bonchev–Trinajstić information content (AvgIpc) is 3.02. The molecule has 3 aromatic rings. The van der Waals surface area contributed by atoms with Crippen molar-refractivity contribution >= 4 is 17.0 Å². The van der Waals surface area contributed by atoms with Gasteiger partial charge in [-0.1, -0.05) is 0 Å². The fourth-order valence-corrected chi connectivity index (χ4v) is 3.25. The van der Waals surface area contributed by atoms with Crippen LogP contribution in [0.1, 0.15) is 5.56 Å². The van der Waals surface area contributed by atoms with Crippen molar-refractivity contribution in [3.05, 3.63) is 29.5 Å². The van der Waals surface area contributed by atoms with Crippen molar-refractivity contribution in [3.8, 4) is 17.0 Å². The van der Waals surface area contributed by atoms with Crippen LogP contribution in [-0.4, -0.2) is 51.0 Å². The lowest BCUT2D eigenvalue weighted by atomic mass is 10.0. The summed E-state index contributed by atoms with van der Waals surface area (Å²) >= 11 is 0. The fraction of sp³-hybridized carbons (Fsp3) is 0.353. The number of nitrogens with one attached hydrogen (secondary N) is 1. The Kier molecular flexibility index (Phi) is 4.52. The molecule has 2 N–H and O–H groups in total. The van der Waals surface area contributed by atoms with E-state index >= 15 is 0 Å². The van der Waals surface area contributed by atoms with Crippen LogP contribution < -0.4 is 10.2 Å². The zero-order valence-electron chi connectivity index (χ0n) is 15.1. The van der Waals surface area contributed by atoms with Gasteiger partial charge in [-0.2, -0.15) is 23.3 Å². The molecule has 1 aromatic carbocycles. The summed E-state index contributed by atoms with van der Waals surface area (Å²) in [5, 5.41) is 17.0. The molecule has 0 radical (unpaired) electrons. The molecule has 1 aliphatic rings. The Morgan fingerprint density at radius 2 is 1.83 bits per heavy atom. The van der Waals surface area contributed by atoms with Crippen LogP contribution in [0.25, 0.3) is 22.3 Å². The topological polar surface area (TPSA) is 79.1 Å². The third-order valence-electron chi connectivity index (χ3n) is 4.71. The normalized spacial score (nSPS) is 15.3. The minimum Gasteiger partial charge on any atom is -0.503 e. The number of hydrogen-bond acceptors (Lipinski definition) is 6. The molecule has 2 aromatic heterocycles. The third kappa shape index (κ3) is 3.22. The van der Waals surface area contributed by atoms with Crippen molar-refractivity contribution < 1.29 is 27.1 Å². The number of piperazine rings is 1. The predicted octanol–water partition coefficient (Wildman–Crippen LogP) is 2.44. The van der Waals surface area contributed by atoms with Gasteiger partial charge < -0.3 is 15.3 Å². The Labute approximate surface area is 160 Å². The summed E-state index contributed by atoms with van der Waals surface area (Å²) in [5.74, 6) is -4.92. The second-order valence-electron chi connectivity index (χ2n) is 6.56. The first-order chi connectivity index (χ1) is 13.7. The Bertz CT molecular complexity index is 1090. The number of nitrogens with zero attached hydrogens (tertiary/aromatic N) is 5. The van der Waals surface area contributed by atoms with Crippen LogP contribution in [0.5, 0.6) is 5.75 Å². The molecule has 1 saturated heterocycles. The number of phenols is 1. The first kappa shape index (κ1) is 19.3. The van der Waals surface area contributed by atoms with Crippen molar-refractivity contribution in [1.29, 1.82) is 0 Å². The fourth-order valence-electron chi connectivity index (χ4n) is 3.25. The number of benzene rings is 1. The minimum atomic E-state index is -5.12. The molecule has 1 aliphatic heterocycles. The lowest BCUT2D eigenvalue weighted by Crippen LogP contribution is -2.44. The van der Waals surface area contributed by atoms with E-state index in [1.807, 2.05) is 4.90 Å². The van der Waals surface area contributed by atoms with Gasteiger partial charge in [-0.05, 0) is 6.07 Å². The van der Waals surface area contributed by atoms with Gasteiger partial charge >= 0.3 is 6.18 Å². The summed E-state index contributed by atoms with van der Waals surface area (Å²) in [6, 6.07) is 0.288. The molecule has 0 unspecified atom stereocenters. The Morgan fingerprint density at radius 1 is 1.14 bits per heavy atom. The van der Waals surface area contributed by atoms with E-state index in [-0.39, 0.29) is 22.8 Å². The highest BCUT2D eigenvalue weighted by Gasteiger charge is 2.38. The molecular weight excluding hydrogens is 399 g/mol. The molecule has 0 atom stereocenters. The SMILES string of the molecule is Cn1nc(-c2cc(C(F)(F)F)c(F)c(O)c2F)c2cnc(N3CCNCC3)nc21. The second-order valence-corrected chi connectivity index (χ2v) is 6.56. The summed E-state index contributed by atoms with van der Waals surface area (Å²) in [4.78, 5) is 10.5. The van der Waals surface area contributed by atoms with Gasteiger partial charge in [0.2, 0.25) is 5.95 Å². The van der Waals surface area contributed by atoms with Crippen molar-refractivity contribution in [2.75, 3.05) is 31.1 Å². The summed E-state index contributed by atoms with van der Waals surface area (Å²) in [6.45, 7) is 2.84. The number of anilines is 1. The van der Waals surface area contributed by atoms with E-state index in [0.717, 1.165) is 13.1 Å². The van der Waals surface area contributed by atoms with E-state index in [2.05, 4.69) is 20.4 Å². The van der Waals surface area contributed by atoms with E-state index in [4.69, 9.17) is 0 Å². The highest BCUT2D eigenvalue weighted by atomic mass is 19.4. The molecule has 29 heavy (non-hydrogen) atoms. The maximum atomic E-state index is 14.5. The van der Waals surface area contributed by atoms with Crippen LogP contribution in [0.3, 0.4) is 0 Å². The standard InChI is InChI=1S/C17H15F5N6O/c1-27-15-9(7-24-16(25-15)28-4-2-23-3-5-28)13(26-27)8-6-10(17(20,21)22)12(19)14(29)11(8)18/h6-7,23,29H,2-5H2,1H3. The van der Waals surface area contributed by atoms with E-state index in [9.17, 15) is 27.1 Å². The van der Waals surface area contributed by atoms with Crippen LogP contribution in [0.2, 0.25) is 0 Å². The third-order valence-corrected chi connectivity index (χ3v) is 4.71. The average molecular weight is 414 g/mol. The van der Waals surface area contributed by atoms with Gasteiger partial charge in [0, 0.05) is 45.0 Å². The number of alkyl halides is 3. The predicted molar refractivity (Wildman–Crippen MR) is 93.4 cm³/mol. The highest BCUT2D eigenvalue weighted by Crippen LogP contribution is 2.41. The van der Waals surface area contributed by atoms with E-state index in [1.165, 1.54) is 17.9 Å². The van der Waals surface area contributed by atoms with Gasteiger partial charge in [-0.15, -0.1) is 0 Å². The molecule has 1 fully saturated rings. The zero-order valence-corrected chi connectivity index (χ0v) is 15.1. The molecule has 0 amide bonds. The number of aryl methyl sites for hydroxylation is 1. The molecule has 154 valence electrons. The largest absolute Gasteiger partial charge is 0.503 e. The van der Waals surface area contributed by atoms with Crippen LogP contribution in [0.4, 0.5) is 27.9 Å². The maximum absolute atomic E-state index is 14.5. The number of aromatic hydroxyl groups is 1. The van der Waals surface area contributed by atoms with Gasteiger partial charge in [0.05, 0.1) is 10.9 Å². The minimum absolute atomic E-state index is 0.171. The lowest BCUT2D eigenvalue weighted by molar-refractivity contribution is -0.140. The molecule has 12 heteroatoms. The van der Waals surface area contributed by atoms with Gasteiger partial charge in [0.15, 0.2) is 23.0 Å². The Hall–Kier alpha value is -3.02. The van der Waals surface area contributed by atoms with Crippen LogP contribution in [-0.2, 0) is 13.2 Å². The van der Waals surface area contributed by atoms with E-state index in [1.54, 1.807) is 0 Å². The molecule has 0 aliphatic carbocycles. The molecule has 4 rings (SSSR count). The maximum Gasteiger partial charge on any atom is 0.419 e. The number of phenolic OH excluding ortho intramolecular Hbond substituents is 1. The summed E-state index contributed by atoms with van der Waals surface area (Å²) in [7, 11) is 1.49. The monoisotopic (exact) mass is 414 g/mol. The molecule has 3 heterocycles. The molecule has 0 bridgehead atoms. The smallest absolute Gasteiger partial charge is 0.419 e. The number of hydrogen-bond donors (Lipinski definition) is 2. The summed E-state index contributed by atoms with van der Waals surface area (Å²) < 4.78 is 68.8. The summed E-state index contributed by atoms with van der Waals surface area (Å²) in [6.07, 6.45) is -3.80. The van der Waals surface area contributed by atoms with Crippen molar-refractivity contribution in [1.82, 2.24) is 25.1 Å². The zero-order chi connectivity index (χ0) is 20.9. The summed E-state index contributed by atoms with van der Waals surface area (Å²) in [5.41, 5.74) is -2.45. The number of aromatic nitrogens is 4. The quantitative estimate of drug-likeness (QED) is 0.628. The molecular formula is C17H15F5N6O. The van der Waals surface area contributed by atoms with Crippen molar-refractivity contribution in [2.45, 2.75) is 6.18 Å². The van der Waals surface area contributed by atoms with E-state index in [0.29, 0.717) is 19.0 Å². The Balaban J connectivity index is 1.88. The Morgan fingerprint density at radius 3 is 2.48 bits per heavy atom. The van der Waals surface area contributed by atoms with Gasteiger partial charge in [0.25, 0.3) is 0 Å². The molecule has 0 saturated carbocycles. The second kappa shape index (κ2) is 6.79. The van der Waals surface area contributed by atoms with Gasteiger partial charge in [0.1, 0.15) is 5.69 Å². The molecule has 7 nitrogen and oxygen atoms in total. The van der Waals surface area contributed by atoms with Crippen LogP contribution in [0, 0.1) is 11.6 Å². The van der Waals surface area contributed by atoms with E-state index < -0.39 is 34.7 Å². The number of rotatable bonds is 2. The lowest BCUT2D eigenvalue weighted by Gasteiger charge is -2.27. The van der Waals surface area contributed by atoms with Crippen molar-refractivity contribution in [2.24, 2.45) is 7.05 Å².